The van der Waals surface area contributed by atoms with Gasteiger partial charge in [-0.25, -0.2) is 0 Å². The van der Waals surface area contributed by atoms with Crippen LogP contribution in [0, 0.1) is 23.2 Å². The van der Waals surface area contributed by atoms with Gasteiger partial charge in [-0.3, -0.25) is 14.4 Å². The second-order valence-electron chi connectivity index (χ2n) is 9.74. The predicted octanol–water partition coefficient (Wildman–Crippen LogP) is 2.96. The average molecular weight is 391 g/mol. The van der Waals surface area contributed by atoms with E-state index in [9.17, 15) is 19.5 Å². The lowest BCUT2D eigenvalue weighted by atomic mass is 9.81. The Bertz CT molecular complexity index is 622. The molecule has 0 spiro atoms. The van der Waals surface area contributed by atoms with Crippen LogP contribution in [0.1, 0.15) is 77.0 Å². The molecule has 156 valence electrons. The molecular formula is C22H34N2O4. The fourth-order valence-corrected chi connectivity index (χ4v) is 6.31. The van der Waals surface area contributed by atoms with E-state index in [4.69, 9.17) is 0 Å². The van der Waals surface area contributed by atoms with Crippen LogP contribution in [0.15, 0.2) is 0 Å². The van der Waals surface area contributed by atoms with Crippen molar-refractivity contribution in [2.24, 2.45) is 23.2 Å². The maximum Gasteiger partial charge on any atom is 0.311 e. The summed E-state index contributed by atoms with van der Waals surface area (Å²) in [5, 5.41) is 12.9. The van der Waals surface area contributed by atoms with Crippen molar-refractivity contribution >= 4 is 17.8 Å². The van der Waals surface area contributed by atoms with Crippen molar-refractivity contribution in [3.8, 4) is 0 Å². The van der Waals surface area contributed by atoms with Crippen LogP contribution in [-0.2, 0) is 14.4 Å². The summed E-state index contributed by atoms with van der Waals surface area (Å²) < 4.78 is 0. The van der Waals surface area contributed by atoms with Crippen LogP contribution in [0.5, 0.6) is 0 Å². The van der Waals surface area contributed by atoms with Crippen molar-refractivity contribution in [2.45, 2.75) is 83.1 Å². The molecule has 4 rings (SSSR count). The number of nitrogens with one attached hydrogen (secondary N) is 1. The number of fused-ring (bicyclic) bond motifs is 1. The van der Waals surface area contributed by atoms with E-state index in [1.165, 1.54) is 25.7 Å². The van der Waals surface area contributed by atoms with Gasteiger partial charge in [0.25, 0.3) is 0 Å². The Kier molecular flexibility index (Phi) is 5.66. The monoisotopic (exact) mass is 390 g/mol. The van der Waals surface area contributed by atoms with E-state index in [1.807, 2.05) is 4.90 Å². The zero-order valence-corrected chi connectivity index (χ0v) is 16.8. The summed E-state index contributed by atoms with van der Waals surface area (Å²) in [4.78, 5) is 38.9. The third-order valence-electron chi connectivity index (χ3n) is 8.00. The highest BCUT2D eigenvalue weighted by molar-refractivity contribution is 5.83. The molecule has 6 nitrogen and oxygen atoms in total. The fraction of sp³-hybridized carbons (Fsp3) is 0.864. The number of rotatable bonds is 5. The number of hydrogen-bond donors (Lipinski definition) is 2. The van der Waals surface area contributed by atoms with Crippen molar-refractivity contribution in [3.63, 3.8) is 0 Å². The Morgan fingerprint density at radius 2 is 1.68 bits per heavy atom. The molecule has 0 radical (unpaired) electrons. The number of carbonyl (C=O) groups excluding carboxylic acids is 2. The molecule has 3 aliphatic carbocycles. The number of nitrogens with zero attached hydrogens (tertiary/aromatic N) is 1. The Morgan fingerprint density at radius 3 is 2.32 bits per heavy atom. The minimum atomic E-state index is -0.723. The summed E-state index contributed by atoms with van der Waals surface area (Å²) in [5.41, 5.74) is -0.693. The second-order valence-corrected chi connectivity index (χ2v) is 9.74. The van der Waals surface area contributed by atoms with Gasteiger partial charge in [0, 0.05) is 31.5 Å². The van der Waals surface area contributed by atoms with E-state index < -0.39 is 11.4 Å². The highest BCUT2D eigenvalue weighted by Gasteiger charge is 2.56. The van der Waals surface area contributed by atoms with Gasteiger partial charge in [0.15, 0.2) is 0 Å². The molecule has 4 fully saturated rings. The van der Waals surface area contributed by atoms with Crippen molar-refractivity contribution in [1.29, 1.82) is 0 Å². The fourth-order valence-electron chi connectivity index (χ4n) is 6.31. The first-order valence-corrected chi connectivity index (χ1v) is 11.3. The summed E-state index contributed by atoms with van der Waals surface area (Å²) in [5.74, 6) is 0.282. The first kappa shape index (κ1) is 19.7. The largest absolute Gasteiger partial charge is 0.481 e. The van der Waals surface area contributed by atoms with Crippen molar-refractivity contribution in [2.75, 3.05) is 13.1 Å². The van der Waals surface area contributed by atoms with Crippen LogP contribution in [-0.4, -0.2) is 46.9 Å². The molecule has 0 bridgehead atoms. The van der Waals surface area contributed by atoms with Crippen molar-refractivity contribution in [3.05, 3.63) is 0 Å². The van der Waals surface area contributed by atoms with Crippen LogP contribution in [0.2, 0.25) is 0 Å². The van der Waals surface area contributed by atoms with E-state index in [0.29, 0.717) is 31.8 Å². The summed E-state index contributed by atoms with van der Waals surface area (Å²) in [6.45, 7) is 1.01. The summed E-state index contributed by atoms with van der Waals surface area (Å²) in [6.07, 6.45) is 11.4. The van der Waals surface area contributed by atoms with E-state index in [1.54, 1.807) is 0 Å². The molecular weight excluding hydrogens is 356 g/mol. The minimum absolute atomic E-state index is 0.00680. The van der Waals surface area contributed by atoms with Crippen LogP contribution < -0.4 is 5.32 Å². The minimum Gasteiger partial charge on any atom is -0.481 e. The summed E-state index contributed by atoms with van der Waals surface area (Å²) >= 11 is 0. The quantitative estimate of drug-likeness (QED) is 0.756. The van der Waals surface area contributed by atoms with Gasteiger partial charge in [-0.15, -0.1) is 0 Å². The van der Waals surface area contributed by atoms with Gasteiger partial charge >= 0.3 is 5.97 Å². The predicted molar refractivity (Wildman–Crippen MR) is 104 cm³/mol. The van der Waals surface area contributed by atoms with E-state index >= 15 is 0 Å². The second kappa shape index (κ2) is 8.03. The average Bonchev–Trinajstić information content (AvgIpc) is 3.37. The first-order chi connectivity index (χ1) is 13.5. The zero-order valence-electron chi connectivity index (χ0n) is 16.8. The molecule has 1 aliphatic heterocycles. The molecule has 1 heterocycles. The SMILES string of the molecule is O=C(CC1CCCC1)NC1CCC(C(=O)N2C[C@@H]3CCC[C@@]3(C(=O)O)C2)CC1. The van der Waals surface area contributed by atoms with Crippen LogP contribution >= 0.6 is 0 Å². The first-order valence-electron chi connectivity index (χ1n) is 11.3. The highest BCUT2D eigenvalue weighted by atomic mass is 16.4. The third-order valence-corrected chi connectivity index (χ3v) is 8.00. The number of hydrogen-bond acceptors (Lipinski definition) is 3. The lowest BCUT2D eigenvalue weighted by Crippen LogP contribution is -2.43. The normalized spacial score (nSPS) is 35.7. The van der Waals surface area contributed by atoms with Gasteiger partial charge in [0.1, 0.15) is 0 Å². The molecule has 0 aromatic heterocycles. The number of likely N-dealkylation sites (tertiary alicyclic amines) is 1. The Hall–Kier alpha value is -1.59. The molecule has 2 amide bonds. The maximum atomic E-state index is 13.0. The lowest BCUT2D eigenvalue weighted by Gasteiger charge is -2.31. The van der Waals surface area contributed by atoms with E-state index in [2.05, 4.69) is 5.32 Å². The Morgan fingerprint density at radius 1 is 0.964 bits per heavy atom. The maximum absolute atomic E-state index is 13.0. The number of carboxylic acid groups (broad SMARTS) is 1. The van der Waals surface area contributed by atoms with Crippen LogP contribution in [0.4, 0.5) is 0 Å². The molecule has 1 saturated heterocycles. The topological polar surface area (TPSA) is 86.7 Å². The third kappa shape index (κ3) is 3.79. The highest BCUT2D eigenvalue weighted by Crippen LogP contribution is 2.49. The summed E-state index contributed by atoms with van der Waals surface area (Å²) in [7, 11) is 0. The standard InChI is InChI=1S/C22H34N2O4/c25-19(12-15-4-1-2-5-15)23-18-9-7-16(8-10-18)20(26)24-13-17-6-3-11-22(17,14-24)21(27)28/h15-18H,1-14H2,(H,23,25)(H,27,28)/t16?,17-,18?,22+/m0/s1. The molecule has 6 heteroatoms. The smallest absolute Gasteiger partial charge is 0.311 e. The lowest BCUT2D eigenvalue weighted by molar-refractivity contribution is -0.149. The summed E-state index contributed by atoms with van der Waals surface area (Å²) in [6, 6.07) is 0.196. The molecule has 2 atom stereocenters. The molecule has 0 aromatic carbocycles. The van der Waals surface area contributed by atoms with E-state index in [-0.39, 0.29) is 29.7 Å². The van der Waals surface area contributed by atoms with Gasteiger partial charge < -0.3 is 15.3 Å². The van der Waals surface area contributed by atoms with Crippen molar-refractivity contribution in [1.82, 2.24) is 10.2 Å². The van der Waals surface area contributed by atoms with Gasteiger partial charge in [0.2, 0.25) is 11.8 Å². The van der Waals surface area contributed by atoms with Gasteiger partial charge in [-0.1, -0.05) is 19.3 Å². The molecule has 4 aliphatic rings. The molecule has 2 N–H and O–H groups in total. The number of carbonyl (C=O) groups is 3. The number of amides is 2. The Balaban J connectivity index is 1.24. The van der Waals surface area contributed by atoms with Gasteiger partial charge in [-0.05, 0) is 63.2 Å². The Labute approximate surface area is 167 Å². The molecule has 0 aromatic rings. The number of aliphatic carboxylic acids is 1. The van der Waals surface area contributed by atoms with Crippen molar-refractivity contribution < 1.29 is 19.5 Å². The van der Waals surface area contributed by atoms with E-state index in [0.717, 1.165) is 38.5 Å². The van der Waals surface area contributed by atoms with Crippen LogP contribution in [0.25, 0.3) is 0 Å². The number of carboxylic acids is 1. The molecule has 3 saturated carbocycles. The van der Waals surface area contributed by atoms with Gasteiger partial charge in [-0.2, -0.15) is 0 Å². The zero-order chi connectivity index (χ0) is 19.7. The molecule has 28 heavy (non-hydrogen) atoms. The van der Waals surface area contributed by atoms with Crippen LogP contribution in [0.3, 0.4) is 0 Å². The van der Waals surface area contributed by atoms with Gasteiger partial charge in [0.05, 0.1) is 5.41 Å². The molecule has 0 unspecified atom stereocenters.